The molecular formula is C12H16N2O4. The van der Waals surface area contributed by atoms with E-state index >= 15 is 0 Å². The summed E-state index contributed by atoms with van der Waals surface area (Å²) in [4.78, 5) is 37.3. The van der Waals surface area contributed by atoms with E-state index in [9.17, 15) is 14.4 Å². The highest BCUT2D eigenvalue weighted by atomic mass is 16.4. The fourth-order valence-corrected chi connectivity index (χ4v) is 1.55. The summed E-state index contributed by atoms with van der Waals surface area (Å²) >= 11 is 0. The first kappa shape index (κ1) is 14.0. The number of rotatable bonds is 5. The van der Waals surface area contributed by atoms with Crippen LogP contribution in [-0.2, 0) is 4.79 Å². The van der Waals surface area contributed by atoms with Crippen molar-refractivity contribution in [3.63, 3.8) is 0 Å². The molecule has 0 unspecified atom stereocenters. The lowest BCUT2D eigenvalue weighted by Crippen LogP contribution is -2.38. The van der Waals surface area contributed by atoms with Crippen LogP contribution in [0.5, 0.6) is 0 Å². The molecule has 18 heavy (non-hydrogen) atoms. The minimum atomic E-state index is -1.06. The van der Waals surface area contributed by atoms with Gasteiger partial charge in [0.15, 0.2) is 0 Å². The zero-order valence-electron chi connectivity index (χ0n) is 10.3. The molecule has 1 heterocycles. The van der Waals surface area contributed by atoms with E-state index in [0.29, 0.717) is 6.54 Å². The monoisotopic (exact) mass is 252 g/mol. The van der Waals surface area contributed by atoms with Crippen molar-refractivity contribution in [1.82, 2.24) is 9.88 Å². The Labute approximate surface area is 104 Å². The van der Waals surface area contributed by atoms with Gasteiger partial charge in [-0.2, -0.15) is 0 Å². The topological polar surface area (TPSA) is 90.5 Å². The van der Waals surface area contributed by atoms with Crippen molar-refractivity contribution < 1.29 is 14.7 Å². The molecule has 0 aliphatic rings. The van der Waals surface area contributed by atoms with Crippen LogP contribution in [0.3, 0.4) is 0 Å². The molecule has 6 nitrogen and oxygen atoms in total. The third kappa shape index (κ3) is 4.04. The maximum atomic E-state index is 12.1. The number of carbonyl (C=O) groups excluding carboxylic acids is 1. The normalized spacial score (nSPS) is 10.4. The minimum absolute atomic E-state index is 0.163. The Kier molecular flexibility index (Phi) is 4.65. The van der Waals surface area contributed by atoms with E-state index in [2.05, 4.69) is 4.98 Å². The average Bonchev–Trinajstić information content (AvgIpc) is 2.27. The molecule has 6 heteroatoms. The Morgan fingerprint density at radius 1 is 1.39 bits per heavy atom. The van der Waals surface area contributed by atoms with Crippen LogP contribution in [0.15, 0.2) is 23.1 Å². The number of amides is 1. The maximum Gasteiger partial charge on any atom is 0.323 e. The molecule has 98 valence electrons. The Bertz CT molecular complexity index is 473. The fourth-order valence-electron chi connectivity index (χ4n) is 1.55. The van der Waals surface area contributed by atoms with Crippen molar-refractivity contribution in [2.24, 2.45) is 5.92 Å². The van der Waals surface area contributed by atoms with Crippen LogP contribution < -0.4 is 5.56 Å². The predicted molar refractivity (Wildman–Crippen MR) is 65.4 cm³/mol. The lowest BCUT2D eigenvalue weighted by atomic mass is 10.2. The SMILES string of the molecule is CC(C)CN(CC(=O)O)C(=O)c1ccc(=O)[nH]c1. The summed E-state index contributed by atoms with van der Waals surface area (Å²) < 4.78 is 0. The van der Waals surface area contributed by atoms with Gasteiger partial charge in [0.25, 0.3) is 5.91 Å². The number of carbonyl (C=O) groups is 2. The molecule has 2 N–H and O–H groups in total. The molecule has 1 amide bonds. The second-order valence-corrected chi connectivity index (χ2v) is 4.41. The number of carboxylic acid groups (broad SMARTS) is 1. The maximum absolute atomic E-state index is 12.1. The van der Waals surface area contributed by atoms with Crippen molar-refractivity contribution in [3.05, 3.63) is 34.2 Å². The van der Waals surface area contributed by atoms with Gasteiger partial charge in [-0.1, -0.05) is 13.8 Å². The van der Waals surface area contributed by atoms with Crippen LogP contribution in [-0.4, -0.2) is 40.0 Å². The van der Waals surface area contributed by atoms with Gasteiger partial charge in [-0.05, 0) is 12.0 Å². The van der Waals surface area contributed by atoms with Crippen LogP contribution in [0.4, 0.5) is 0 Å². The number of aromatic amines is 1. The van der Waals surface area contributed by atoms with Gasteiger partial charge in [-0.25, -0.2) is 0 Å². The van der Waals surface area contributed by atoms with Gasteiger partial charge in [0, 0.05) is 18.8 Å². The van der Waals surface area contributed by atoms with E-state index < -0.39 is 11.9 Å². The summed E-state index contributed by atoms with van der Waals surface area (Å²) in [6.45, 7) is 3.80. The number of carboxylic acids is 1. The quantitative estimate of drug-likeness (QED) is 0.801. The van der Waals surface area contributed by atoms with Crippen LogP contribution in [0.25, 0.3) is 0 Å². The number of nitrogens with one attached hydrogen (secondary N) is 1. The molecule has 0 saturated carbocycles. The van der Waals surface area contributed by atoms with Crippen molar-refractivity contribution >= 4 is 11.9 Å². The first-order valence-electron chi connectivity index (χ1n) is 5.60. The van der Waals surface area contributed by atoms with E-state index in [1.807, 2.05) is 13.8 Å². The van der Waals surface area contributed by atoms with Crippen LogP contribution in [0, 0.1) is 5.92 Å². The number of H-pyrrole nitrogens is 1. The fraction of sp³-hybridized carbons (Fsp3) is 0.417. The number of aliphatic carboxylic acids is 1. The van der Waals surface area contributed by atoms with Gasteiger partial charge in [0.05, 0.1) is 5.56 Å². The predicted octanol–water partition coefficient (Wildman–Crippen LogP) is 0.558. The minimum Gasteiger partial charge on any atom is -0.480 e. The molecule has 1 aromatic heterocycles. The zero-order chi connectivity index (χ0) is 13.7. The van der Waals surface area contributed by atoms with Gasteiger partial charge < -0.3 is 15.0 Å². The second-order valence-electron chi connectivity index (χ2n) is 4.41. The summed E-state index contributed by atoms with van der Waals surface area (Å²) in [5, 5.41) is 8.78. The average molecular weight is 252 g/mol. The smallest absolute Gasteiger partial charge is 0.323 e. The number of hydrogen-bond donors (Lipinski definition) is 2. The van der Waals surface area contributed by atoms with E-state index in [-0.39, 0.29) is 23.6 Å². The molecule has 0 aliphatic carbocycles. The van der Waals surface area contributed by atoms with Crippen LogP contribution in [0.1, 0.15) is 24.2 Å². The Morgan fingerprint density at radius 2 is 2.06 bits per heavy atom. The number of pyridine rings is 1. The van der Waals surface area contributed by atoms with Crippen molar-refractivity contribution in [3.8, 4) is 0 Å². The Morgan fingerprint density at radius 3 is 2.50 bits per heavy atom. The largest absolute Gasteiger partial charge is 0.480 e. The van der Waals surface area contributed by atoms with E-state index in [4.69, 9.17) is 5.11 Å². The summed E-state index contributed by atoms with van der Waals surface area (Å²) in [6.07, 6.45) is 1.29. The Hall–Kier alpha value is -2.11. The first-order valence-corrected chi connectivity index (χ1v) is 5.60. The van der Waals surface area contributed by atoms with Crippen molar-refractivity contribution in [2.75, 3.05) is 13.1 Å². The van der Waals surface area contributed by atoms with E-state index in [0.717, 1.165) is 0 Å². The molecule has 0 aliphatic heterocycles. The molecule has 1 rings (SSSR count). The van der Waals surface area contributed by atoms with E-state index in [1.165, 1.54) is 23.2 Å². The number of nitrogens with zero attached hydrogens (tertiary/aromatic N) is 1. The molecule has 1 aromatic rings. The molecule has 0 bridgehead atoms. The number of aromatic nitrogens is 1. The lowest BCUT2D eigenvalue weighted by molar-refractivity contribution is -0.137. The molecule has 0 spiro atoms. The van der Waals surface area contributed by atoms with Gasteiger partial charge in [-0.3, -0.25) is 14.4 Å². The third-order valence-corrected chi connectivity index (χ3v) is 2.23. The highest BCUT2D eigenvalue weighted by Crippen LogP contribution is 2.05. The summed E-state index contributed by atoms with van der Waals surface area (Å²) in [6, 6.07) is 2.62. The van der Waals surface area contributed by atoms with Gasteiger partial charge in [-0.15, -0.1) is 0 Å². The molecule has 0 aromatic carbocycles. The van der Waals surface area contributed by atoms with E-state index in [1.54, 1.807) is 0 Å². The molecule has 0 saturated heterocycles. The molecule has 0 atom stereocenters. The highest BCUT2D eigenvalue weighted by Gasteiger charge is 2.19. The van der Waals surface area contributed by atoms with Crippen molar-refractivity contribution in [1.29, 1.82) is 0 Å². The Balaban J connectivity index is 2.90. The van der Waals surface area contributed by atoms with Gasteiger partial charge >= 0.3 is 5.97 Å². The summed E-state index contributed by atoms with van der Waals surface area (Å²) in [7, 11) is 0. The highest BCUT2D eigenvalue weighted by molar-refractivity contribution is 5.95. The molecule has 0 radical (unpaired) electrons. The lowest BCUT2D eigenvalue weighted by Gasteiger charge is -2.22. The summed E-state index contributed by atoms with van der Waals surface area (Å²) in [5.41, 5.74) is -0.0308. The van der Waals surface area contributed by atoms with Crippen molar-refractivity contribution in [2.45, 2.75) is 13.8 Å². The standard InChI is InChI=1S/C12H16N2O4/c1-8(2)6-14(7-11(16)17)12(18)9-3-4-10(15)13-5-9/h3-5,8H,6-7H2,1-2H3,(H,13,15)(H,16,17). The van der Waals surface area contributed by atoms with Gasteiger partial charge in [0.2, 0.25) is 5.56 Å². The second kappa shape index (κ2) is 6.00. The van der Waals surface area contributed by atoms with Gasteiger partial charge in [0.1, 0.15) is 6.54 Å². The zero-order valence-corrected chi connectivity index (χ0v) is 10.3. The summed E-state index contributed by atoms with van der Waals surface area (Å²) in [5.74, 6) is -1.30. The van der Waals surface area contributed by atoms with Crippen LogP contribution in [0.2, 0.25) is 0 Å². The first-order chi connectivity index (χ1) is 8.40. The molecular weight excluding hydrogens is 236 g/mol. The molecule has 0 fully saturated rings. The van der Waals surface area contributed by atoms with Crippen LogP contribution >= 0.6 is 0 Å². The number of hydrogen-bond acceptors (Lipinski definition) is 3. The third-order valence-electron chi connectivity index (χ3n) is 2.23.